The van der Waals surface area contributed by atoms with Crippen LogP contribution in [0, 0.1) is 13.8 Å². The van der Waals surface area contributed by atoms with Crippen LogP contribution in [0.4, 0.5) is 5.69 Å². The van der Waals surface area contributed by atoms with Crippen LogP contribution in [0.3, 0.4) is 0 Å². The van der Waals surface area contributed by atoms with Gasteiger partial charge in [-0.1, -0.05) is 41.6 Å². The van der Waals surface area contributed by atoms with Crippen molar-refractivity contribution in [2.45, 2.75) is 38.9 Å². The van der Waals surface area contributed by atoms with Gasteiger partial charge < -0.3 is 10.1 Å². The van der Waals surface area contributed by atoms with E-state index in [1.807, 2.05) is 39.0 Å². The summed E-state index contributed by atoms with van der Waals surface area (Å²) in [6.45, 7) is 7.50. The predicted molar refractivity (Wildman–Crippen MR) is 127 cm³/mol. The molecule has 0 fully saturated rings. The van der Waals surface area contributed by atoms with Crippen LogP contribution in [-0.4, -0.2) is 34.4 Å². The minimum Gasteiger partial charge on any atom is -0.382 e. The number of nitrogens with zero attached hydrogens (tertiary/aromatic N) is 2. The molecule has 3 rings (SSSR count). The second-order valence-electron chi connectivity index (χ2n) is 7.17. The normalized spacial score (nSPS) is 11.1. The lowest BCUT2D eigenvalue weighted by molar-refractivity contribution is -0.113. The summed E-state index contributed by atoms with van der Waals surface area (Å²) in [7, 11) is 0. The molecule has 2 aromatic carbocycles. The summed E-state index contributed by atoms with van der Waals surface area (Å²) in [4.78, 5) is 30.3. The first-order valence-corrected chi connectivity index (χ1v) is 11.5. The van der Waals surface area contributed by atoms with Crippen LogP contribution >= 0.6 is 23.4 Å². The zero-order valence-electron chi connectivity index (χ0n) is 17.9. The van der Waals surface area contributed by atoms with Gasteiger partial charge in [0.2, 0.25) is 5.91 Å². The molecular weight excluding hydrogens is 434 g/mol. The van der Waals surface area contributed by atoms with Crippen molar-refractivity contribution in [3.05, 3.63) is 62.9 Å². The highest BCUT2D eigenvalue weighted by atomic mass is 35.5. The van der Waals surface area contributed by atoms with E-state index in [1.165, 1.54) is 11.8 Å². The minimum atomic E-state index is -0.149. The van der Waals surface area contributed by atoms with Crippen LogP contribution < -0.4 is 10.9 Å². The Labute approximate surface area is 191 Å². The first kappa shape index (κ1) is 23.3. The number of ether oxygens (including phenoxy) is 1. The average Bonchev–Trinajstić information content (AvgIpc) is 2.73. The van der Waals surface area contributed by atoms with E-state index >= 15 is 0 Å². The fraction of sp³-hybridized carbons (Fsp3) is 0.348. The molecule has 0 aliphatic heterocycles. The number of para-hydroxylation sites is 1. The number of halogens is 1. The van der Waals surface area contributed by atoms with Gasteiger partial charge in [0.05, 0.1) is 16.7 Å². The fourth-order valence-corrected chi connectivity index (χ4v) is 4.26. The summed E-state index contributed by atoms with van der Waals surface area (Å²) < 4.78 is 7.02. The van der Waals surface area contributed by atoms with Crippen molar-refractivity contribution >= 4 is 45.9 Å². The van der Waals surface area contributed by atoms with E-state index in [-0.39, 0.29) is 17.2 Å². The molecule has 0 bridgehead atoms. The van der Waals surface area contributed by atoms with E-state index in [1.54, 1.807) is 22.8 Å². The Hall–Kier alpha value is -2.35. The molecule has 164 valence electrons. The number of amides is 1. The predicted octanol–water partition coefficient (Wildman–Crippen LogP) is 4.82. The maximum absolute atomic E-state index is 13.1. The summed E-state index contributed by atoms with van der Waals surface area (Å²) in [5, 5.41) is 4.48. The molecule has 1 amide bonds. The number of thioether (sulfide) groups is 1. The molecule has 0 radical (unpaired) electrons. The van der Waals surface area contributed by atoms with E-state index in [2.05, 4.69) is 10.3 Å². The van der Waals surface area contributed by atoms with Gasteiger partial charge in [-0.05, 0) is 56.5 Å². The third-order valence-corrected chi connectivity index (χ3v) is 6.05. The maximum atomic E-state index is 13.1. The lowest BCUT2D eigenvalue weighted by Crippen LogP contribution is -2.25. The Balaban J connectivity index is 1.83. The highest BCUT2D eigenvalue weighted by Crippen LogP contribution is 2.23. The molecule has 1 N–H and O–H groups in total. The van der Waals surface area contributed by atoms with Gasteiger partial charge in [0.15, 0.2) is 5.16 Å². The van der Waals surface area contributed by atoms with Gasteiger partial charge in [-0.25, -0.2) is 4.98 Å². The zero-order valence-corrected chi connectivity index (χ0v) is 19.5. The van der Waals surface area contributed by atoms with Crippen molar-refractivity contribution in [3.8, 4) is 0 Å². The summed E-state index contributed by atoms with van der Waals surface area (Å²) in [5.41, 5.74) is 3.21. The Morgan fingerprint density at radius 1 is 1.23 bits per heavy atom. The molecule has 0 saturated carbocycles. The quantitative estimate of drug-likeness (QED) is 0.282. The van der Waals surface area contributed by atoms with E-state index in [0.29, 0.717) is 47.3 Å². The van der Waals surface area contributed by atoms with E-state index < -0.39 is 0 Å². The Kier molecular flexibility index (Phi) is 8.12. The van der Waals surface area contributed by atoms with Gasteiger partial charge in [0.1, 0.15) is 0 Å². The number of carbonyl (C=O) groups is 1. The molecule has 0 aliphatic rings. The number of anilines is 1. The van der Waals surface area contributed by atoms with Crippen LogP contribution in [0.5, 0.6) is 0 Å². The molecule has 0 aliphatic carbocycles. The number of nitrogens with one attached hydrogen (secondary N) is 1. The fourth-order valence-electron chi connectivity index (χ4n) is 3.27. The van der Waals surface area contributed by atoms with Crippen LogP contribution in [0.25, 0.3) is 10.9 Å². The highest BCUT2D eigenvalue weighted by molar-refractivity contribution is 7.99. The Bertz CT molecular complexity index is 1130. The molecule has 1 heterocycles. The standard InChI is InChI=1S/C23H26ClN3O3S/c1-4-30-12-6-11-27-22(29)18-10-9-17(24)13-19(18)25-23(27)31-14-20(28)26-21-15(2)7-5-8-16(21)3/h5,7-10,13H,4,6,11-12,14H2,1-3H3,(H,26,28). The molecule has 31 heavy (non-hydrogen) atoms. The summed E-state index contributed by atoms with van der Waals surface area (Å²) in [6, 6.07) is 10.9. The van der Waals surface area contributed by atoms with Crippen molar-refractivity contribution < 1.29 is 9.53 Å². The highest BCUT2D eigenvalue weighted by Gasteiger charge is 2.15. The average molecular weight is 460 g/mol. The largest absolute Gasteiger partial charge is 0.382 e. The molecule has 0 spiro atoms. The van der Waals surface area contributed by atoms with Crippen LogP contribution in [0.1, 0.15) is 24.5 Å². The second-order valence-corrected chi connectivity index (χ2v) is 8.55. The second kappa shape index (κ2) is 10.8. The SMILES string of the molecule is CCOCCCn1c(SCC(=O)Nc2c(C)cccc2C)nc2cc(Cl)ccc2c1=O. The summed E-state index contributed by atoms with van der Waals surface area (Å²) in [5.74, 6) is -0.0127. The minimum absolute atomic E-state index is 0.137. The van der Waals surface area contributed by atoms with Crippen LogP contribution in [-0.2, 0) is 16.1 Å². The third kappa shape index (κ3) is 5.87. The van der Waals surface area contributed by atoms with Crippen molar-refractivity contribution in [2.75, 3.05) is 24.3 Å². The Morgan fingerprint density at radius 2 is 1.97 bits per heavy atom. The van der Waals surface area contributed by atoms with Crippen molar-refractivity contribution in [1.82, 2.24) is 9.55 Å². The van der Waals surface area contributed by atoms with Crippen LogP contribution in [0.2, 0.25) is 5.02 Å². The smallest absolute Gasteiger partial charge is 0.262 e. The number of benzene rings is 2. The molecule has 0 atom stereocenters. The van der Waals surface area contributed by atoms with Gasteiger partial charge >= 0.3 is 0 Å². The summed E-state index contributed by atoms with van der Waals surface area (Å²) in [6.07, 6.45) is 0.677. The first-order chi connectivity index (χ1) is 14.9. The molecule has 0 saturated heterocycles. The molecule has 3 aromatic rings. The third-order valence-electron chi connectivity index (χ3n) is 4.83. The molecule has 1 aromatic heterocycles. The van der Waals surface area contributed by atoms with E-state index in [4.69, 9.17) is 16.3 Å². The number of aromatic nitrogens is 2. The topological polar surface area (TPSA) is 73.2 Å². The lowest BCUT2D eigenvalue weighted by atomic mass is 10.1. The van der Waals surface area contributed by atoms with Crippen molar-refractivity contribution in [1.29, 1.82) is 0 Å². The van der Waals surface area contributed by atoms with Gasteiger partial charge in [-0.2, -0.15) is 0 Å². The molecule has 6 nitrogen and oxygen atoms in total. The van der Waals surface area contributed by atoms with Gasteiger partial charge in [0, 0.05) is 30.5 Å². The van der Waals surface area contributed by atoms with Gasteiger partial charge in [-0.3, -0.25) is 14.2 Å². The molecular formula is C23H26ClN3O3S. The lowest BCUT2D eigenvalue weighted by Gasteiger charge is -2.14. The number of carbonyl (C=O) groups excluding carboxylic acids is 1. The number of rotatable bonds is 9. The number of hydrogen-bond acceptors (Lipinski definition) is 5. The maximum Gasteiger partial charge on any atom is 0.262 e. The Morgan fingerprint density at radius 3 is 2.68 bits per heavy atom. The van der Waals surface area contributed by atoms with Crippen LogP contribution in [0.15, 0.2) is 46.3 Å². The van der Waals surface area contributed by atoms with Crippen molar-refractivity contribution in [2.24, 2.45) is 0 Å². The van der Waals surface area contributed by atoms with Gasteiger partial charge in [0.25, 0.3) is 5.56 Å². The van der Waals surface area contributed by atoms with Gasteiger partial charge in [-0.15, -0.1) is 0 Å². The number of fused-ring (bicyclic) bond motifs is 1. The van der Waals surface area contributed by atoms with E-state index in [0.717, 1.165) is 16.8 Å². The number of hydrogen-bond donors (Lipinski definition) is 1. The molecule has 8 heteroatoms. The summed E-state index contributed by atoms with van der Waals surface area (Å²) >= 11 is 7.33. The monoisotopic (exact) mass is 459 g/mol. The molecule has 0 unspecified atom stereocenters. The van der Waals surface area contributed by atoms with E-state index in [9.17, 15) is 9.59 Å². The number of aryl methyl sites for hydroxylation is 2. The van der Waals surface area contributed by atoms with Crippen molar-refractivity contribution in [3.63, 3.8) is 0 Å². The first-order valence-electron chi connectivity index (χ1n) is 10.2. The zero-order chi connectivity index (χ0) is 22.4.